The first-order valence-electron chi connectivity index (χ1n) is 7.49. The second-order valence-corrected chi connectivity index (χ2v) is 5.23. The van der Waals surface area contributed by atoms with Crippen LogP contribution in [0, 0.1) is 5.82 Å². The molecule has 0 fully saturated rings. The maximum Gasteiger partial charge on any atom is 0.258 e. The van der Waals surface area contributed by atoms with Crippen LogP contribution < -0.4 is 10.1 Å². The van der Waals surface area contributed by atoms with Gasteiger partial charge in [-0.25, -0.2) is 4.39 Å². The summed E-state index contributed by atoms with van der Waals surface area (Å²) in [5.41, 5.74) is 2.29. The third-order valence-corrected chi connectivity index (χ3v) is 3.61. The minimum absolute atomic E-state index is 0.101. The molecule has 0 bridgehead atoms. The molecule has 0 radical (unpaired) electrons. The zero-order valence-corrected chi connectivity index (χ0v) is 12.6. The fourth-order valence-corrected chi connectivity index (χ4v) is 2.44. The van der Waals surface area contributed by atoms with E-state index in [1.54, 1.807) is 0 Å². The number of benzene rings is 1. The van der Waals surface area contributed by atoms with Gasteiger partial charge in [-0.3, -0.25) is 9.48 Å². The summed E-state index contributed by atoms with van der Waals surface area (Å²) in [6.45, 7) is 2.29. The highest BCUT2D eigenvalue weighted by molar-refractivity contribution is 5.77. The fourth-order valence-electron chi connectivity index (χ4n) is 2.44. The number of hydrogen-bond donors (Lipinski definition) is 1. The molecule has 3 rings (SSSR count). The number of carbonyl (C=O) groups is 1. The minimum Gasteiger partial charge on any atom is -0.484 e. The van der Waals surface area contributed by atoms with E-state index < -0.39 is 0 Å². The lowest BCUT2D eigenvalue weighted by Gasteiger charge is -2.14. The quantitative estimate of drug-likeness (QED) is 0.871. The van der Waals surface area contributed by atoms with Crippen LogP contribution in [0.2, 0.25) is 0 Å². The Morgan fingerprint density at radius 3 is 3.04 bits per heavy atom. The van der Waals surface area contributed by atoms with Crippen LogP contribution in [0.5, 0.6) is 5.75 Å². The van der Waals surface area contributed by atoms with Gasteiger partial charge in [-0.15, -0.1) is 0 Å². The van der Waals surface area contributed by atoms with Gasteiger partial charge in [0.1, 0.15) is 11.6 Å². The number of ether oxygens (including phenoxy) is 2. The van der Waals surface area contributed by atoms with Gasteiger partial charge in [-0.2, -0.15) is 5.10 Å². The molecule has 1 aromatic heterocycles. The molecular formula is C16H18FN3O3. The maximum atomic E-state index is 12.8. The van der Waals surface area contributed by atoms with Crippen molar-refractivity contribution < 1.29 is 18.7 Å². The Balaban J connectivity index is 1.41. The van der Waals surface area contributed by atoms with Crippen molar-refractivity contribution in [2.75, 3.05) is 19.8 Å². The third-order valence-electron chi connectivity index (χ3n) is 3.61. The number of halogens is 1. The second-order valence-electron chi connectivity index (χ2n) is 5.23. The molecule has 0 unspecified atom stereocenters. The molecule has 0 saturated heterocycles. The topological polar surface area (TPSA) is 65.4 Å². The van der Waals surface area contributed by atoms with Gasteiger partial charge in [0.2, 0.25) is 0 Å². The van der Waals surface area contributed by atoms with E-state index in [-0.39, 0.29) is 18.3 Å². The van der Waals surface area contributed by atoms with Gasteiger partial charge in [0, 0.05) is 24.2 Å². The molecule has 23 heavy (non-hydrogen) atoms. The second kappa shape index (κ2) is 7.23. The minimum atomic E-state index is -0.338. The average Bonchev–Trinajstić information content (AvgIpc) is 2.98. The van der Waals surface area contributed by atoms with Crippen LogP contribution in [0.1, 0.15) is 11.3 Å². The van der Waals surface area contributed by atoms with Crippen LogP contribution in [0.15, 0.2) is 30.5 Å². The van der Waals surface area contributed by atoms with E-state index in [2.05, 4.69) is 10.4 Å². The van der Waals surface area contributed by atoms with E-state index in [0.29, 0.717) is 32.1 Å². The van der Waals surface area contributed by atoms with Crippen molar-refractivity contribution >= 4 is 5.91 Å². The average molecular weight is 319 g/mol. The van der Waals surface area contributed by atoms with Crippen LogP contribution in [0.3, 0.4) is 0 Å². The molecule has 7 heteroatoms. The Hall–Kier alpha value is -2.41. The number of amides is 1. The number of fused-ring (bicyclic) bond motifs is 1. The van der Waals surface area contributed by atoms with Gasteiger partial charge in [0.25, 0.3) is 5.91 Å². The SMILES string of the molecule is O=C(COc1ccc(F)cc1)NCCn1ncc2c1CCOC2. The summed E-state index contributed by atoms with van der Waals surface area (Å²) in [6, 6.07) is 5.55. The predicted molar refractivity (Wildman–Crippen MR) is 80.5 cm³/mol. The van der Waals surface area contributed by atoms with Crippen LogP contribution in [-0.4, -0.2) is 35.4 Å². The van der Waals surface area contributed by atoms with E-state index >= 15 is 0 Å². The number of nitrogens with zero attached hydrogens (tertiary/aromatic N) is 2. The van der Waals surface area contributed by atoms with Crippen LogP contribution in [0.25, 0.3) is 0 Å². The lowest BCUT2D eigenvalue weighted by molar-refractivity contribution is -0.123. The smallest absolute Gasteiger partial charge is 0.258 e. The molecule has 1 aromatic carbocycles. The van der Waals surface area contributed by atoms with E-state index in [1.165, 1.54) is 30.0 Å². The molecule has 6 nitrogen and oxygen atoms in total. The van der Waals surface area contributed by atoms with Gasteiger partial charge in [0.05, 0.1) is 26.0 Å². The maximum absolute atomic E-state index is 12.8. The Labute approximate surface area is 133 Å². The van der Waals surface area contributed by atoms with Gasteiger partial charge in [0.15, 0.2) is 6.61 Å². The third kappa shape index (κ3) is 4.07. The summed E-state index contributed by atoms with van der Waals surface area (Å²) in [7, 11) is 0. The Morgan fingerprint density at radius 2 is 2.22 bits per heavy atom. The van der Waals surface area contributed by atoms with E-state index in [0.717, 1.165) is 12.0 Å². The van der Waals surface area contributed by atoms with Crippen LogP contribution in [0.4, 0.5) is 4.39 Å². The lowest BCUT2D eigenvalue weighted by atomic mass is 10.2. The lowest BCUT2D eigenvalue weighted by Crippen LogP contribution is -2.32. The first-order chi connectivity index (χ1) is 11.2. The molecule has 1 aliphatic heterocycles. The van der Waals surface area contributed by atoms with E-state index in [4.69, 9.17) is 9.47 Å². The van der Waals surface area contributed by atoms with Crippen LogP contribution >= 0.6 is 0 Å². The molecule has 0 spiro atoms. The fraction of sp³-hybridized carbons (Fsp3) is 0.375. The zero-order valence-electron chi connectivity index (χ0n) is 12.6. The van der Waals surface area contributed by atoms with E-state index in [1.807, 2.05) is 10.9 Å². The van der Waals surface area contributed by atoms with Gasteiger partial charge < -0.3 is 14.8 Å². The van der Waals surface area contributed by atoms with Crippen LogP contribution in [-0.2, 0) is 29.1 Å². The highest BCUT2D eigenvalue weighted by Gasteiger charge is 2.15. The van der Waals surface area contributed by atoms with Crippen molar-refractivity contribution in [3.63, 3.8) is 0 Å². The number of carbonyl (C=O) groups excluding carboxylic acids is 1. The predicted octanol–water partition coefficient (Wildman–Crippen LogP) is 1.29. The molecule has 1 N–H and O–H groups in total. The zero-order chi connectivity index (χ0) is 16.1. The largest absolute Gasteiger partial charge is 0.484 e. The Morgan fingerprint density at radius 1 is 1.39 bits per heavy atom. The molecule has 2 aromatic rings. The van der Waals surface area contributed by atoms with Crippen molar-refractivity contribution in [2.24, 2.45) is 0 Å². The van der Waals surface area contributed by atoms with Gasteiger partial charge >= 0.3 is 0 Å². The summed E-state index contributed by atoms with van der Waals surface area (Å²) < 4.78 is 25.3. The molecule has 1 amide bonds. The van der Waals surface area contributed by atoms with E-state index in [9.17, 15) is 9.18 Å². The molecule has 122 valence electrons. The van der Waals surface area contributed by atoms with Gasteiger partial charge in [-0.1, -0.05) is 0 Å². The number of rotatable bonds is 6. The highest BCUT2D eigenvalue weighted by Crippen LogP contribution is 2.15. The molecule has 0 aliphatic carbocycles. The molecule has 2 heterocycles. The van der Waals surface area contributed by atoms with Crippen molar-refractivity contribution in [2.45, 2.75) is 19.6 Å². The molecule has 0 atom stereocenters. The highest BCUT2D eigenvalue weighted by atomic mass is 19.1. The standard InChI is InChI=1S/C16H18FN3O3/c17-13-1-3-14(4-2-13)23-11-16(21)18-6-7-20-15-5-8-22-10-12(15)9-19-20/h1-4,9H,5-8,10-11H2,(H,18,21). The Kier molecular flexibility index (Phi) is 4.87. The van der Waals surface area contributed by atoms with Gasteiger partial charge in [-0.05, 0) is 24.3 Å². The van der Waals surface area contributed by atoms with Crippen molar-refractivity contribution in [3.8, 4) is 5.75 Å². The number of hydrogen-bond acceptors (Lipinski definition) is 4. The van der Waals surface area contributed by atoms with Crippen molar-refractivity contribution in [1.29, 1.82) is 0 Å². The summed E-state index contributed by atoms with van der Waals surface area (Å²) in [5, 5.41) is 7.09. The first kappa shape index (κ1) is 15.5. The summed E-state index contributed by atoms with van der Waals surface area (Å²) >= 11 is 0. The number of nitrogens with one attached hydrogen (secondary N) is 1. The normalized spacial score (nSPS) is 13.4. The Bertz CT molecular complexity index is 670. The van der Waals surface area contributed by atoms with Crippen molar-refractivity contribution in [3.05, 3.63) is 47.5 Å². The monoisotopic (exact) mass is 319 g/mol. The first-order valence-corrected chi connectivity index (χ1v) is 7.49. The summed E-state index contributed by atoms with van der Waals surface area (Å²) in [4.78, 5) is 11.7. The number of aromatic nitrogens is 2. The summed E-state index contributed by atoms with van der Waals surface area (Å²) in [6.07, 6.45) is 2.66. The summed E-state index contributed by atoms with van der Waals surface area (Å²) in [5.74, 6) is -0.101. The molecular weight excluding hydrogens is 301 g/mol. The molecule has 1 aliphatic rings. The van der Waals surface area contributed by atoms with Crippen molar-refractivity contribution in [1.82, 2.24) is 15.1 Å². The molecule has 0 saturated carbocycles.